The van der Waals surface area contributed by atoms with Crippen LogP contribution in [0.15, 0.2) is 24.3 Å². The van der Waals surface area contributed by atoms with Gasteiger partial charge in [-0.2, -0.15) is 0 Å². The summed E-state index contributed by atoms with van der Waals surface area (Å²) in [4.78, 5) is 10.2. The van der Waals surface area contributed by atoms with Crippen LogP contribution in [0, 0.1) is 0 Å². The maximum absolute atomic E-state index is 10.2. The van der Waals surface area contributed by atoms with Gasteiger partial charge in [-0.25, -0.2) is 0 Å². The molecule has 15 heavy (non-hydrogen) atoms. The number of hydrogen-bond donors (Lipinski definition) is 0. The van der Waals surface area contributed by atoms with Gasteiger partial charge in [-0.1, -0.05) is 31.2 Å². The summed E-state index contributed by atoms with van der Waals surface area (Å²) >= 11 is 0. The van der Waals surface area contributed by atoms with Crippen LogP contribution < -0.4 is 0 Å². The largest absolute Gasteiger partial charge is 0.469 e. The molecule has 84 valence electrons. The van der Waals surface area contributed by atoms with E-state index in [-0.39, 0.29) is 18.4 Å². The van der Waals surface area contributed by atoms with Gasteiger partial charge in [0.2, 0.25) is 0 Å². The number of carbonyl (C=O) groups excluding carboxylic acids is 1. The minimum Gasteiger partial charge on any atom is -0.469 e. The third kappa shape index (κ3) is 5.43. The molecule has 0 radical (unpaired) electrons. The Kier molecular flexibility index (Phi) is 6.80. The van der Waals surface area contributed by atoms with Crippen molar-refractivity contribution in [1.82, 2.24) is 0 Å². The first-order valence-corrected chi connectivity index (χ1v) is 4.91. The molecule has 3 heteroatoms. The second kappa shape index (κ2) is 7.30. The molecule has 0 unspecified atom stereocenters. The van der Waals surface area contributed by atoms with Crippen molar-refractivity contribution in [3.05, 3.63) is 35.4 Å². The second-order valence-corrected chi connectivity index (χ2v) is 3.27. The quantitative estimate of drug-likeness (QED) is 0.739. The first-order valence-electron chi connectivity index (χ1n) is 4.91. The third-order valence-corrected chi connectivity index (χ3v) is 2.06. The maximum Gasteiger partial charge on any atom is 0.305 e. The normalized spacial score (nSPS) is 10.0. The van der Waals surface area contributed by atoms with E-state index in [1.54, 1.807) is 0 Å². The average molecular weight is 229 g/mol. The van der Waals surface area contributed by atoms with E-state index in [9.17, 15) is 4.79 Å². The highest BCUT2D eigenvalue weighted by Crippen LogP contribution is 2.25. The summed E-state index contributed by atoms with van der Waals surface area (Å²) in [6.07, 6.45) is 2.65. The highest BCUT2D eigenvalue weighted by molar-refractivity contribution is 5.85. The first kappa shape index (κ1) is 14.0. The Labute approximate surface area is 97.0 Å². The average Bonchev–Trinajstić information content (AvgIpc) is 2.97. The van der Waals surface area contributed by atoms with E-state index in [4.69, 9.17) is 0 Å². The Hall–Kier alpha value is -1.02. The van der Waals surface area contributed by atoms with E-state index < -0.39 is 0 Å². The summed E-state index contributed by atoms with van der Waals surface area (Å²) in [5.41, 5.74) is 3.06. The smallest absolute Gasteiger partial charge is 0.305 e. The summed E-state index contributed by atoms with van der Waals surface area (Å²) in [5.74, 6) is -0.123. The highest BCUT2D eigenvalue weighted by Gasteiger charge is 2.12. The van der Waals surface area contributed by atoms with E-state index in [2.05, 4.69) is 29.0 Å². The standard InChI is InChI=1S/C7H6.C5H10O2.ClH/c1-2-4-7-5-6(7)3-1;1-3-4-5(6)7-2;/h1-4H,5H2;3-4H2,1-2H3;1H. The van der Waals surface area contributed by atoms with E-state index >= 15 is 0 Å². The molecule has 1 aliphatic carbocycles. The van der Waals surface area contributed by atoms with E-state index in [1.165, 1.54) is 24.7 Å². The molecule has 1 aromatic rings. The summed E-state index contributed by atoms with van der Waals surface area (Å²) < 4.78 is 4.35. The Bertz CT molecular complexity index is 289. The van der Waals surface area contributed by atoms with Gasteiger partial charge in [0.05, 0.1) is 7.11 Å². The summed E-state index contributed by atoms with van der Waals surface area (Å²) in [6, 6.07) is 8.53. The van der Waals surface area contributed by atoms with Crippen LogP contribution in [0.1, 0.15) is 30.9 Å². The third-order valence-electron chi connectivity index (χ3n) is 2.06. The molecule has 1 aromatic carbocycles. The lowest BCUT2D eigenvalue weighted by molar-refractivity contribution is -0.140. The van der Waals surface area contributed by atoms with Crippen LogP contribution in [0.2, 0.25) is 0 Å². The van der Waals surface area contributed by atoms with Crippen LogP contribution >= 0.6 is 12.4 Å². The molecule has 0 saturated carbocycles. The van der Waals surface area contributed by atoms with Gasteiger partial charge in [0.25, 0.3) is 0 Å². The maximum atomic E-state index is 10.2. The van der Waals surface area contributed by atoms with Gasteiger partial charge < -0.3 is 4.74 Å². The molecule has 0 amide bonds. The van der Waals surface area contributed by atoms with Crippen molar-refractivity contribution in [2.24, 2.45) is 0 Å². The molecule has 0 aromatic heterocycles. The number of fused-ring (bicyclic) bond motifs is 1. The van der Waals surface area contributed by atoms with Gasteiger partial charge in [-0.15, -0.1) is 12.4 Å². The molecule has 0 fully saturated rings. The van der Waals surface area contributed by atoms with E-state index in [1.807, 2.05) is 6.92 Å². The Morgan fingerprint density at radius 1 is 1.33 bits per heavy atom. The van der Waals surface area contributed by atoms with Crippen molar-refractivity contribution in [3.63, 3.8) is 0 Å². The summed E-state index contributed by atoms with van der Waals surface area (Å²) in [5, 5.41) is 0. The van der Waals surface area contributed by atoms with Gasteiger partial charge in [0.15, 0.2) is 0 Å². The molecule has 1 aliphatic rings. The number of methoxy groups -OCH3 is 1. The lowest BCUT2D eigenvalue weighted by atomic mass is 10.3. The van der Waals surface area contributed by atoms with E-state index in [0.29, 0.717) is 6.42 Å². The topological polar surface area (TPSA) is 26.3 Å². The van der Waals surface area contributed by atoms with Crippen molar-refractivity contribution in [3.8, 4) is 0 Å². The van der Waals surface area contributed by atoms with Crippen LogP contribution in [0.3, 0.4) is 0 Å². The fourth-order valence-corrected chi connectivity index (χ4v) is 1.14. The predicted octanol–water partition coefficient (Wildman–Crippen LogP) is 2.97. The Balaban J connectivity index is 0.000000245. The number of hydrogen-bond acceptors (Lipinski definition) is 2. The van der Waals surface area contributed by atoms with Gasteiger partial charge in [-0.05, 0) is 24.0 Å². The molecule has 2 rings (SSSR count). The van der Waals surface area contributed by atoms with Crippen molar-refractivity contribution >= 4 is 18.4 Å². The number of benzene rings is 1. The van der Waals surface area contributed by atoms with Crippen LogP contribution in [0.5, 0.6) is 0 Å². The van der Waals surface area contributed by atoms with Crippen LogP contribution in [0.25, 0.3) is 0 Å². The molecule has 0 spiro atoms. The van der Waals surface area contributed by atoms with Crippen LogP contribution in [0.4, 0.5) is 0 Å². The van der Waals surface area contributed by atoms with Crippen molar-refractivity contribution in [1.29, 1.82) is 0 Å². The zero-order chi connectivity index (χ0) is 10.4. The molecule has 2 nitrogen and oxygen atoms in total. The molecule has 0 saturated heterocycles. The lowest BCUT2D eigenvalue weighted by Gasteiger charge is -1.91. The lowest BCUT2D eigenvalue weighted by Crippen LogP contribution is -1.97. The zero-order valence-corrected chi connectivity index (χ0v) is 9.97. The number of rotatable bonds is 2. The SMILES string of the molecule is CCCC(=O)OC.Cl.c1ccc2c(c1)C2. The Morgan fingerprint density at radius 2 is 1.87 bits per heavy atom. The zero-order valence-electron chi connectivity index (χ0n) is 9.16. The molecule has 0 atom stereocenters. The highest BCUT2D eigenvalue weighted by atomic mass is 35.5. The minimum atomic E-state index is -0.123. The monoisotopic (exact) mass is 228 g/mol. The predicted molar refractivity (Wildman–Crippen MR) is 63.4 cm³/mol. The van der Waals surface area contributed by atoms with Gasteiger partial charge in [0, 0.05) is 6.42 Å². The number of ether oxygens (including phenoxy) is 1. The molecular weight excluding hydrogens is 212 g/mol. The van der Waals surface area contributed by atoms with Gasteiger partial charge in [-0.3, -0.25) is 4.79 Å². The van der Waals surface area contributed by atoms with Crippen LogP contribution in [-0.4, -0.2) is 13.1 Å². The first-order chi connectivity index (χ1) is 6.77. The van der Waals surface area contributed by atoms with Gasteiger partial charge >= 0.3 is 5.97 Å². The fraction of sp³-hybridized carbons (Fsp3) is 0.417. The summed E-state index contributed by atoms with van der Waals surface area (Å²) in [7, 11) is 1.40. The molecule has 0 heterocycles. The minimum absolute atomic E-state index is 0. The van der Waals surface area contributed by atoms with E-state index in [0.717, 1.165) is 6.42 Å². The van der Waals surface area contributed by atoms with Gasteiger partial charge in [0.1, 0.15) is 0 Å². The number of halogens is 1. The molecule has 0 bridgehead atoms. The molecular formula is C12H17ClO2. The van der Waals surface area contributed by atoms with Crippen molar-refractivity contribution in [2.75, 3.05) is 7.11 Å². The number of carbonyl (C=O) groups is 1. The summed E-state index contributed by atoms with van der Waals surface area (Å²) in [6.45, 7) is 1.94. The van der Waals surface area contributed by atoms with Crippen molar-refractivity contribution < 1.29 is 9.53 Å². The fourth-order valence-electron chi connectivity index (χ4n) is 1.14. The molecule has 0 aliphatic heterocycles. The van der Waals surface area contributed by atoms with Crippen LogP contribution in [-0.2, 0) is 16.0 Å². The second-order valence-electron chi connectivity index (χ2n) is 3.27. The number of esters is 1. The molecule has 0 N–H and O–H groups in total. The Morgan fingerprint density at radius 3 is 2.13 bits per heavy atom. The van der Waals surface area contributed by atoms with Crippen molar-refractivity contribution in [2.45, 2.75) is 26.2 Å².